The van der Waals surface area contributed by atoms with Gasteiger partial charge in [0.2, 0.25) is 0 Å². The van der Waals surface area contributed by atoms with Gasteiger partial charge in [0.05, 0.1) is 6.04 Å². The van der Waals surface area contributed by atoms with E-state index in [4.69, 9.17) is 0 Å². The van der Waals surface area contributed by atoms with Gasteiger partial charge in [0.25, 0.3) is 0 Å². The Morgan fingerprint density at radius 3 is 2.64 bits per heavy atom. The van der Waals surface area contributed by atoms with Crippen LogP contribution in [0.3, 0.4) is 0 Å². The summed E-state index contributed by atoms with van der Waals surface area (Å²) in [5, 5.41) is 7.63. The summed E-state index contributed by atoms with van der Waals surface area (Å²) in [6.07, 6.45) is 5.98. The van der Waals surface area contributed by atoms with Crippen LogP contribution in [0.15, 0.2) is 0 Å². The minimum absolute atomic E-state index is 0.0353. The van der Waals surface area contributed by atoms with Crippen LogP contribution in [0.5, 0.6) is 0 Å². The lowest BCUT2D eigenvalue weighted by molar-refractivity contribution is -0.126. The topological polar surface area (TPSA) is 43.2 Å². The predicted molar refractivity (Wildman–Crippen MR) is 55.2 cm³/mol. The molecule has 1 saturated carbocycles. The largest absolute Gasteiger partial charge is 0.313 e. The van der Waals surface area contributed by atoms with E-state index in [0.29, 0.717) is 11.7 Å². The molecule has 1 atom stereocenters. The maximum absolute atomic E-state index is 12.0. The van der Waals surface area contributed by atoms with Crippen LogP contribution in [-0.4, -0.2) is 31.5 Å². The predicted octanol–water partition coefficient (Wildman–Crippen LogP) is 0.712. The number of hydrogen-bond acceptors (Lipinski definition) is 2. The van der Waals surface area contributed by atoms with E-state index in [1.54, 1.807) is 0 Å². The van der Waals surface area contributed by atoms with E-state index in [0.717, 1.165) is 32.5 Å². The molecule has 0 bridgehead atoms. The van der Waals surface area contributed by atoms with Gasteiger partial charge < -0.3 is 5.32 Å². The number of nitrogens with zero attached hydrogens (tertiary/aromatic N) is 1. The number of piperazine rings is 1. The third kappa shape index (κ3) is 2.34. The van der Waals surface area contributed by atoms with Crippen LogP contribution in [0, 0.1) is 5.92 Å². The van der Waals surface area contributed by atoms with Crippen molar-refractivity contribution in [2.24, 2.45) is 5.92 Å². The molecule has 0 aromatic carbocycles. The van der Waals surface area contributed by atoms with Gasteiger partial charge >= 0.3 is 0 Å². The van der Waals surface area contributed by atoms with Crippen LogP contribution < -0.4 is 10.6 Å². The maximum Gasteiger partial charge on any atom is 0.155 e. The smallest absolute Gasteiger partial charge is 0.155 e. The van der Waals surface area contributed by atoms with Gasteiger partial charge in [-0.05, 0) is 12.8 Å². The first-order valence-corrected chi connectivity index (χ1v) is 5.79. The molecule has 1 aliphatic carbocycles. The molecule has 1 unspecified atom stereocenters. The molecule has 79 valence electrons. The highest BCUT2D eigenvalue weighted by atomic mass is 16.1. The molecular formula is C11H19N2O. The van der Waals surface area contributed by atoms with Crippen molar-refractivity contribution in [1.82, 2.24) is 10.6 Å². The SMILES string of the molecule is O=C(C1CCCCC1)C1CNCC[N]1. The number of carbonyl (C=O) groups excluding carboxylic acids is 1. The molecule has 3 heteroatoms. The highest BCUT2D eigenvalue weighted by Gasteiger charge is 2.29. The summed E-state index contributed by atoms with van der Waals surface area (Å²) in [5.41, 5.74) is 0. The maximum atomic E-state index is 12.0. The fourth-order valence-electron chi connectivity index (χ4n) is 2.45. The van der Waals surface area contributed by atoms with Crippen molar-refractivity contribution in [3.8, 4) is 0 Å². The first-order valence-electron chi connectivity index (χ1n) is 5.79. The second-order valence-electron chi connectivity index (χ2n) is 4.36. The number of ketones is 1. The molecule has 0 aromatic rings. The van der Waals surface area contributed by atoms with Crippen molar-refractivity contribution in [3.63, 3.8) is 0 Å². The van der Waals surface area contributed by atoms with Crippen LogP contribution in [0.25, 0.3) is 0 Å². The molecule has 3 nitrogen and oxygen atoms in total. The molecule has 2 aliphatic rings. The average Bonchev–Trinajstić information content (AvgIpc) is 2.30. The summed E-state index contributed by atoms with van der Waals surface area (Å²) < 4.78 is 0. The van der Waals surface area contributed by atoms with Crippen LogP contribution in [0.1, 0.15) is 32.1 Å². The molecule has 1 aliphatic heterocycles. The van der Waals surface area contributed by atoms with Crippen LogP contribution in [0.4, 0.5) is 0 Å². The number of Topliss-reactive ketones (excluding diaryl/α,β-unsaturated/α-hetero) is 1. The van der Waals surface area contributed by atoms with Crippen molar-refractivity contribution < 1.29 is 4.79 Å². The van der Waals surface area contributed by atoms with Crippen molar-refractivity contribution in [2.75, 3.05) is 19.6 Å². The zero-order chi connectivity index (χ0) is 9.80. The molecule has 0 spiro atoms. The summed E-state index contributed by atoms with van der Waals surface area (Å²) in [6.45, 7) is 2.52. The van der Waals surface area contributed by atoms with Crippen LogP contribution >= 0.6 is 0 Å². The minimum Gasteiger partial charge on any atom is -0.313 e. The zero-order valence-electron chi connectivity index (χ0n) is 8.67. The highest BCUT2D eigenvalue weighted by Crippen LogP contribution is 2.25. The Kier molecular flexibility index (Phi) is 3.54. The molecule has 2 fully saturated rings. The van der Waals surface area contributed by atoms with E-state index in [9.17, 15) is 4.79 Å². The van der Waals surface area contributed by atoms with E-state index in [2.05, 4.69) is 10.6 Å². The fraction of sp³-hybridized carbons (Fsp3) is 0.909. The second kappa shape index (κ2) is 4.89. The Morgan fingerprint density at radius 1 is 1.21 bits per heavy atom. The Hall–Kier alpha value is -0.410. The van der Waals surface area contributed by atoms with Gasteiger partial charge in [-0.15, -0.1) is 0 Å². The molecule has 0 aromatic heterocycles. The van der Waals surface area contributed by atoms with Crippen LogP contribution in [0.2, 0.25) is 0 Å². The normalized spacial score (nSPS) is 30.1. The molecule has 1 radical (unpaired) electrons. The van der Waals surface area contributed by atoms with Gasteiger partial charge in [-0.3, -0.25) is 4.79 Å². The molecule has 1 N–H and O–H groups in total. The Balaban J connectivity index is 1.85. The van der Waals surface area contributed by atoms with E-state index >= 15 is 0 Å². The Labute approximate surface area is 85.6 Å². The number of carbonyl (C=O) groups is 1. The van der Waals surface area contributed by atoms with E-state index in [1.807, 2.05) is 0 Å². The van der Waals surface area contributed by atoms with Gasteiger partial charge in [0, 0.05) is 25.6 Å². The molecule has 1 heterocycles. The first kappa shape index (κ1) is 10.1. The van der Waals surface area contributed by atoms with Crippen molar-refractivity contribution in [3.05, 3.63) is 0 Å². The summed E-state index contributed by atoms with van der Waals surface area (Å²) in [4.78, 5) is 12.0. The molecule has 0 amide bonds. The lowest BCUT2D eigenvalue weighted by atomic mass is 9.83. The summed E-state index contributed by atoms with van der Waals surface area (Å²) in [7, 11) is 0. The third-order valence-corrected chi connectivity index (χ3v) is 3.31. The lowest BCUT2D eigenvalue weighted by Crippen LogP contribution is -2.50. The number of nitrogens with one attached hydrogen (secondary N) is 1. The average molecular weight is 195 g/mol. The number of hydrogen-bond donors (Lipinski definition) is 1. The third-order valence-electron chi connectivity index (χ3n) is 3.31. The van der Waals surface area contributed by atoms with Gasteiger partial charge in [-0.2, -0.15) is 0 Å². The molecular weight excluding hydrogens is 176 g/mol. The quantitative estimate of drug-likeness (QED) is 0.705. The van der Waals surface area contributed by atoms with Gasteiger partial charge in [-0.1, -0.05) is 19.3 Å². The Bertz CT molecular complexity index is 173. The Morgan fingerprint density at radius 2 is 2.00 bits per heavy atom. The second-order valence-corrected chi connectivity index (χ2v) is 4.36. The van der Waals surface area contributed by atoms with Gasteiger partial charge in [0.1, 0.15) is 0 Å². The van der Waals surface area contributed by atoms with E-state index in [-0.39, 0.29) is 6.04 Å². The standard InChI is InChI=1S/C11H19N2O/c14-11(9-4-2-1-3-5-9)10-8-12-6-7-13-10/h9-10,12H,1-8H2. The van der Waals surface area contributed by atoms with Gasteiger partial charge in [0.15, 0.2) is 5.78 Å². The lowest BCUT2D eigenvalue weighted by Gasteiger charge is -2.27. The zero-order valence-corrected chi connectivity index (χ0v) is 8.67. The van der Waals surface area contributed by atoms with E-state index < -0.39 is 0 Å². The van der Waals surface area contributed by atoms with Crippen molar-refractivity contribution in [1.29, 1.82) is 0 Å². The summed E-state index contributed by atoms with van der Waals surface area (Å²) >= 11 is 0. The van der Waals surface area contributed by atoms with Gasteiger partial charge in [-0.25, -0.2) is 5.32 Å². The van der Waals surface area contributed by atoms with Crippen molar-refractivity contribution >= 4 is 5.78 Å². The first-order chi connectivity index (χ1) is 6.88. The van der Waals surface area contributed by atoms with Crippen molar-refractivity contribution in [2.45, 2.75) is 38.1 Å². The molecule has 14 heavy (non-hydrogen) atoms. The van der Waals surface area contributed by atoms with E-state index in [1.165, 1.54) is 19.3 Å². The summed E-state index contributed by atoms with van der Waals surface area (Å²) in [5.74, 6) is 0.717. The monoisotopic (exact) mass is 195 g/mol. The molecule has 2 rings (SSSR count). The highest BCUT2D eigenvalue weighted by molar-refractivity contribution is 5.86. The van der Waals surface area contributed by atoms with Crippen LogP contribution in [-0.2, 0) is 4.79 Å². The summed E-state index contributed by atoms with van der Waals surface area (Å²) in [6, 6.07) is -0.0353. The number of rotatable bonds is 2. The fourth-order valence-corrected chi connectivity index (χ4v) is 2.45. The molecule has 1 saturated heterocycles. The minimum atomic E-state index is -0.0353.